The van der Waals surface area contributed by atoms with Crippen LogP contribution in [0.1, 0.15) is 68.0 Å². The van der Waals surface area contributed by atoms with E-state index in [1.165, 1.54) is 49.2 Å². The van der Waals surface area contributed by atoms with Crippen LogP contribution in [0, 0.1) is 5.92 Å². The van der Waals surface area contributed by atoms with E-state index < -0.39 is 0 Å². The molecule has 0 saturated heterocycles. The molecule has 1 aliphatic rings. The zero-order chi connectivity index (χ0) is 11.5. The van der Waals surface area contributed by atoms with Gasteiger partial charge in [-0.1, -0.05) is 40.0 Å². The highest BCUT2D eigenvalue weighted by atomic mass is 32.1. The maximum absolute atomic E-state index is 4.78. The lowest BCUT2D eigenvalue weighted by atomic mass is 9.87. The number of aryl methyl sites for hydroxylation is 1. The van der Waals surface area contributed by atoms with Crippen molar-refractivity contribution in [2.75, 3.05) is 0 Å². The van der Waals surface area contributed by atoms with Crippen LogP contribution in [-0.4, -0.2) is 4.98 Å². The summed E-state index contributed by atoms with van der Waals surface area (Å²) < 4.78 is 0. The molecule has 0 N–H and O–H groups in total. The molecule has 0 aliphatic heterocycles. The standard InChI is InChI=1S/C14H23NS/c1-4-5-6-11-7-8-12-13(9-11)16-14(15-12)10(2)3/h10-11H,4-9H2,1-3H3. The molecular weight excluding hydrogens is 214 g/mol. The molecule has 1 nitrogen and oxygen atoms in total. The Kier molecular flexibility index (Phi) is 4.01. The first-order valence-electron chi connectivity index (χ1n) is 6.69. The lowest BCUT2D eigenvalue weighted by molar-refractivity contribution is 0.413. The fourth-order valence-electron chi connectivity index (χ4n) is 2.45. The third kappa shape index (κ3) is 2.65. The number of aromatic nitrogens is 1. The molecule has 1 heterocycles. The average molecular weight is 237 g/mol. The monoisotopic (exact) mass is 237 g/mol. The fourth-order valence-corrected chi connectivity index (χ4v) is 3.68. The summed E-state index contributed by atoms with van der Waals surface area (Å²) in [5.41, 5.74) is 1.42. The van der Waals surface area contributed by atoms with Gasteiger partial charge in [0.15, 0.2) is 0 Å². The molecule has 16 heavy (non-hydrogen) atoms. The van der Waals surface area contributed by atoms with E-state index in [2.05, 4.69) is 20.8 Å². The largest absolute Gasteiger partial charge is 0.246 e. The highest BCUT2D eigenvalue weighted by molar-refractivity contribution is 7.11. The predicted octanol–water partition coefficient (Wildman–Crippen LogP) is 4.56. The predicted molar refractivity (Wildman–Crippen MR) is 71.2 cm³/mol. The van der Waals surface area contributed by atoms with Gasteiger partial charge in [0.25, 0.3) is 0 Å². The average Bonchev–Trinajstić information content (AvgIpc) is 2.69. The maximum Gasteiger partial charge on any atom is 0.0956 e. The molecule has 2 rings (SSSR count). The fraction of sp³-hybridized carbons (Fsp3) is 0.786. The summed E-state index contributed by atoms with van der Waals surface area (Å²) in [4.78, 5) is 6.38. The van der Waals surface area contributed by atoms with Crippen LogP contribution in [-0.2, 0) is 12.8 Å². The Balaban J connectivity index is 2.02. The lowest BCUT2D eigenvalue weighted by Gasteiger charge is -2.20. The summed E-state index contributed by atoms with van der Waals surface area (Å²) in [5.74, 6) is 1.54. The molecule has 1 atom stereocenters. The molecule has 1 unspecified atom stereocenters. The van der Waals surface area contributed by atoms with Crippen LogP contribution >= 0.6 is 11.3 Å². The van der Waals surface area contributed by atoms with Crippen LogP contribution in [0.4, 0.5) is 0 Å². The van der Waals surface area contributed by atoms with Gasteiger partial charge in [0.2, 0.25) is 0 Å². The Bertz CT molecular complexity index is 341. The van der Waals surface area contributed by atoms with Gasteiger partial charge >= 0.3 is 0 Å². The second-order valence-corrected chi connectivity index (χ2v) is 6.44. The van der Waals surface area contributed by atoms with Gasteiger partial charge in [-0.2, -0.15) is 0 Å². The SMILES string of the molecule is CCCCC1CCc2nc(C(C)C)sc2C1. The Morgan fingerprint density at radius 3 is 2.94 bits per heavy atom. The van der Waals surface area contributed by atoms with E-state index in [0.717, 1.165) is 5.92 Å². The zero-order valence-electron chi connectivity index (χ0n) is 10.8. The third-order valence-corrected chi connectivity index (χ3v) is 4.94. The number of unbranched alkanes of at least 4 members (excludes halogenated alkanes) is 1. The number of hydrogen-bond acceptors (Lipinski definition) is 2. The summed E-state index contributed by atoms with van der Waals surface area (Å²) in [6, 6.07) is 0. The highest BCUT2D eigenvalue weighted by Gasteiger charge is 2.22. The molecule has 0 fully saturated rings. The van der Waals surface area contributed by atoms with E-state index >= 15 is 0 Å². The van der Waals surface area contributed by atoms with E-state index in [1.807, 2.05) is 11.3 Å². The summed E-state index contributed by atoms with van der Waals surface area (Å²) in [6.45, 7) is 6.79. The van der Waals surface area contributed by atoms with Gasteiger partial charge < -0.3 is 0 Å². The van der Waals surface area contributed by atoms with Crippen LogP contribution in [0.3, 0.4) is 0 Å². The van der Waals surface area contributed by atoms with E-state index in [9.17, 15) is 0 Å². The van der Waals surface area contributed by atoms with Crippen molar-refractivity contribution in [3.63, 3.8) is 0 Å². The highest BCUT2D eigenvalue weighted by Crippen LogP contribution is 2.34. The van der Waals surface area contributed by atoms with Crippen molar-refractivity contribution >= 4 is 11.3 Å². The van der Waals surface area contributed by atoms with Gasteiger partial charge in [-0.25, -0.2) is 4.98 Å². The molecule has 1 aromatic rings. The molecule has 1 aromatic heterocycles. The van der Waals surface area contributed by atoms with Crippen molar-refractivity contribution in [1.82, 2.24) is 4.98 Å². The molecule has 0 spiro atoms. The minimum Gasteiger partial charge on any atom is -0.246 e. The van der Waals surface area contributed by atoms with E-state index in [1.54, 1.807) is 4.88 Å². The third-order valence-electron chi connectivity index (χ3n) is 3.52. The lowest BCUT2D eigenvalue weighted by Crippen LogP contribution is -2.12. The van der Waals surface area contributed by atoms with Crippen LogP contribution in [0.2, 0.25) is 0 Å². The molecule has 0 amide bonds. The topological polar surface area (TPSA) is 12.9 Å². The van der Waals surface area contributed by atoms with Crippen molar-refractivity contribution in [1.29, 1.82) is 0 Å². The van der Waals surface area contributed by atoms with Crippen molar-refractivity contribution in [2.45, 2.75) is 65.2 Å². The second-order valence-electron chi connectivity index (χ2n) is 5.33. The van der Waals surface area contributed by atoms with Crippen LogP contribution in [0.25, 0.3) is 0 Å². The smallest absolute Gasteiger partial charge is 0.0956 e. The summed E-state index contributed by atoms with van der Waals surface area (Å²) in [7, 11) is 0. The van der Waals surface area contributed by atoms with Gasteiger partial charge in [0, 0.05) is 10.8 Å². The number of thiazole rings is 1. The number of hydrogen-bond donors (Lipinski definition) is 0. The quantitative estimate of drug-likeness (QED) is 0.748. The van der Waals surface area contributed by atoms with Crippen molar-refractivity contribution in [3.05, 3.63) is 15.6 Å². The van der Waals surface area contributed by atoms with Crippen molar-refractivity contribution in [3.8, 4) is 0 Å². The van der Waals surface area contributed by atoms with Crippen LogP contribution in [0.15, 0.2) is 0 Å². The van der Waals surface area contributed by atoms with Crippen molar-refractivity contribution in [2.24, 2.45) is 5.92 Å². The van der Waals surface area contributed by atoms with Gasteiger partial charge in [0.1, 0.15) is 0 Å². The molecule has 0 saturated carbocycles. The maximum atomic E-state index is 4.78. The summed E-state index contributed by atoms with van der Waals surface area (Å²) in [5, 5.41) is 1.35. The number of nitrogens with zero attached hydrogens (tertiary/aromatic N) is 1. The normalized spacial score (nSPS) is 20.1. The van der Waals surface area contributed by atoms with Crippen molar-refractivity contribution < 1.29 is 0 Å². The molecule has 90 valence electrons. The van der Waals surface area contributed by atoms with Crippen LogP contribution in [0.5, 0.6) is 0 Å². The van der Waals surface area contributed by atoms with Gasteiger partial charge in [-0.05, 0) is 25.2 Å². The second kappa shape index (κ2) is 5.31. The first kappa shape index (κ1) is 12.1. The van der Waals surface area contributed by atoms with Gasteiger partial charge in [-0.15, -0.1) is 11.3 Å². The minimum absolute atomic E-state index is 0.602. The Labute approximate surface area is 103 Å². The molecular formula is C14H23NS. The summed E-state index contributed by atoms with van der Waals surface area (Å²) >= 11 is 1.97. The van der Waals surface area contributed by atoms with Gasteiger partial charge in [-0.3, -0.25) is 0 Å². The molecule has 1 aliphatic carbocycles. The Morgan fingerprint density at radius 2 is 2.25 bits per heavy atom. The van der Waals surface area contributed by atoms with E-state index in [0.29, 0.717) is 5.92 Å². The van der Waals surface area contributed by atoms with E-state index in [-0.39, 0.29) is 0 Å². The first-order chi connectivity index (χ1) is 7.70. The van der Waals surface area contributed by atoms with E-state index in [4.69, 9.17) is 4.98 Å². The summed E-state index contributed by atoms with van der Waals surface area (Å²) in [6.07, 6.45) is 8.06. The minimum atomic E-state index is 0.602. The Morgan fingerprint density at radius 1 is 1.44 bits per heavy atom. The van der Waals surface area contributed by atoms with Crippen LogP contribution < -0.4 is 0 Å². The molecule has 2 heteroatoms. The molecule has 0 radical (unpaired) electrons. The molecule has 0 bridgehead atoms. The number of rotatable bonds is 4. The van der Waals surface area contributed by atoms with Gasteiger partial charge in [0.05, 0.1) is 10.7 Å². The Hall–Kier alpha value is -0.370. The zero-order valence-corrected chi connectivity index (χ0v) is 11.6. The first-order valence-corrected chi connectivity index (χ1v) is 7.50. The molecule has 0 aromatic carbocycles. The number of fused-ring (bicyclic) bond motifs is 1.